The molecule has 1 amide bonds. The molecular formula is C27H36FN7O2S. The number of aliphatic imine (C=N–C) groups is 2. The van der Waals surface area contributed by atoms with Gasteiger partial charge in [0, 0.05) is 70.6 Å². The first kappa shape index (κ1) is 26.9. The lowest BCUT2D eigenvalue weighted by Gasteiger charge is -2.33. The number of amidine groups is 1. The van der Waals surface area contributed by atoms with Crippen molar-refractivity contribution in [3.05, 3.63) is 40.3 Å². The molecule has 4 heterocycles. The fraction of sp³-hybridized carbons (Fsp3) is 0.556. The van der Waals surface area contributed by atoms with E-state index in [2.05, 4.69) is 48.8 Å². The Balaban J connectivity index is 1.36. The number of halogens is 1. The van der Waals surface area contributed by atoms with Crippen molar-refractivity contribution in [3.63, 3.8) is 0 Å². The number of benzene rings is 1. The van der Waals surface area contributed by atoms with Crippen molar-refractivity contribution in [1.29, 1.82) is 0 Å². The number of fused-ring (bicyclic) bond motifs is 1. The largest absolute Gasteiger partial charge is 0.381 e. The van der Waals surface area contributed by atoms with Crippen LogP contribution >= 0.6 is 11.3 Å². The van der Waals surface area contributed by atoms with Crippen molar-refractivity contribution in [2.45, 2.75) is 31.2 Å². The summed E-state index contributed by atoms with van der Waals surface area (Å²) >= 11 is 1.21. The number of rotatable bonds is 7. The third kappa shape index (κ3) is 5.80. The molecule has 0 bridgehead atoms. The van der Waals surface area contributed by atoms with Crippen molar-refractivity contribution >= 4 is 40.5 Å². The Morgan fingerprint density at radius 3 is 2.74 bits per heavy atom. The molecule has 1 atom stereocenters. The first-order valence-corrected chi connectivity index (χ1v) is 14.1. The highest BCUT2D eigenvalue weighted by Crippen LogP contribution is 2.41. The third-order valence-electron chi connectivity index (χ3n) is 7.70. The Labute approximate surface area is 227 Å². The minimum absolute atomic E-state index is 0.0736. The van der Waals surface area contributed by atoms with E-state index in [0.717, 1.165) is 63.2 Å². The van der Waals surface area contributed by atoms with Crippen molar-refractivity contribution in [2.75, 3.05) is 71.5 Å². The van der Waals surface area contributed by atoms with Crippen molar-refractivity contribution in [3.8, 4) is 0 Å². The molecular weight excluding hydrogens is 505 g/mol. The summed E-state index contributed by atoms with van der Waals surface area (Å²) < 4.78 is 19.8. The van der Waals surface area contributed by atoms with Gasteiger partial charge in [0.25, 0.3) is 5.91 Å². The summed E-state index contributed by atoms with van der Waals surface area (Å²) in [6, 6.07) is 5.03. The molecule has 5 rings (SSSR count). The molecule has 0 aliphatic carbocycles. The van der Waals surface area contributed by atoms with E-state index in [-0.39, 0.29) is 23.7 Å². The number of aromatic nitrogens is 1. The SMILES string of the molecule is C=Nc1sc(C(=O)NC2CCOCC2)nc1C(=NC)N1CC(CCN2CCN(C)CC2)c2cc(F)ccc21. The molecule has 38 heavy (non-hydrogen) atoms. The molecule has 2 fully saturated rings. The van der Waals surface area contributed by atoms with Crippen LogP contribution in [-0.4, -0.2) is 106 Å². The summed E-state index contributed by atoms with van der Waals surface area (Å²) in [7, 11) is 3.87. The number of carbonyl (C=O) groups excluding carboxylic acids is 1. The quantitative estimate of drug-likeness (QED) is 0.428. The molecule has 3 aliphatic heterocycles. The maximum absolute atomic E-state index is 14.4. The van der Waals surface area contributed by atoms with Crippen LogP contribution in [0.25, 0.3) is 0 Å². The van der Waals surface area contributed by atoms with Crippen LogP contribution in [0.3, 0.4) is 0 Å². The molecule has 1 aromatic carbocycles. The van der Waals surface area contributed by atoms with Gasteiger partial charge in [0.05, 0.1) is 0 Å². The van der Waals surface area contributed by atoms with Crippen LogP contribution in [0.5, 0.6) is 0 Å². The number of anilines is 1. The lowest BCUT2D eigenvalue weighted by atomic mass is 9.97. The average molecular weight is 542 g/mol. The third-order valence-corrected chi connectivity index (χ3v) is 8.68. The lowest BCUT2D eigenvalue weighted by molar-refractivity contribution is 0.0696. The number of piperazine rings is 1. The van der Waals surface area contributed by atoms with E-state index >= 15 is 0 Å². The predicted molar refractivity (Wildman–Crippen MR) is 150 cm³/mol. The highest BCUT2D eigenvalue weighted by atomic mass is 32.1. The van der Waals surface area contributed by atoms with Crippen molar-refractivity contribution in [2.24, 2.45) is 9.98 Å². The number of carbonyl (C=O) groups is 1. The fourth-order valence-electron chi connectivity index (χ4n) is 5.48. The Kier molecular flexibility index (Phi) is 8.47. The number of nitrogens with zero attached hydrogens (tertiary/aromatic N) is 6. The van der Waals surface area contributed by atoms with E-state index in [1.54, 1.807) is 13.1 Å². The zero-order valence-corrected chi connectivity index (χ0v) is 23.0. The first-order valence-electron chi connectivity index (χ1n) is 13.3. The number of thiazole rings is 1. The normalized spacial score (nSPS) is 21.5. The molecule has 2 saturated heterocycles. The van der Waals surface area contributed by atoms with E-state index in [9.17, 15) is 9.18 Å². The number of ether oxygens (including phenoxy) is 1. The fourth-order valence-corrected chi connectivity index (χ4v) is 6.25. The number of hydrogen-bond acceptors (Lipinski definition) is 8. The summed E-state index contributed by atoms with van der Waals surface area (Å²) in [5.74, 6) is 0.317. The molecule has 1 aromatic heterocycles. The van der Waals surface area contributed by atoms with Crippen molar-refractivity contribution in [1.82, 2.24) is 20.1 Å². The molecule has 0 saturated carbocycles. The Hall–Kier alpha value is -2.73. The van der Waals surface area contributed by atoms with Crippen LogP contribution in [0.1, 0.15) is 46.2 Å². The second-order valence-electron chi connectivity index (χ2n) is 10.2. The zero-order valence-electron chi connectivity index (χ0n) is 22.2. The summed E-state index contributed by atoms with van der Waals surface area (Å²) in [4.78, 5) is 33.4. The van der Waals surface area contributed by atoms with E-state index in [1.807, 2.05) is 6.07 Å². The van der Waals surface area contributed by atoms with Crippen LogP contribution < -0.4 is 10.2 Å². The van der Waals surface area contributed by atoms with Crippen LogP contribution in [0.2, 0.25) is 0 Å². The number of hydrogen-bond donors (Lipinski definition) is 1. The molecule has 3 aliphatic rings. The Bertz CT molecular complexity index is 1190. The monoisotopic (exact) mass is 541 g/mol. The van der Waals surface area contributed by atoms with Crippen LogP contribution in [0.15, 0.2) is 28.2 Å². The van der Waals surface area contributed by atoms with Gasteiger partial charge in [-0.15, -0.1) is 0 Å². The van der Waals surface area contributed by atoms with Gasteiger partial charge in [0.1, 0.15) is 16.5 Å². The van der Waals surface area contributed by atoms with Crippen LogP contribution in [0, 0.1) is 5.82 Å². The van der Waals surface area contributed by atoms with Gasteiger partial charge in [-0.3, -0.25) is 14.8 Å². The van der Waals surface area contributed by atoms with Gasteiger partial charge in [-0.05, 0) is 63.3 Å². The number of likely N-dealkylation sites (N-methyl/N-ethyl adjacent to an activating group) is 1. The van der Waals surface area contributed by atoms with E-state index < -0.39 is 0 Å². The minimum atomic E-state index is -0.237. The molecule has 0 spiro atoms. The van der Waals surface area contributed by atoms with E-state index in [4.69, 9.17) is 4.74 Å². The predicted octanol–water partition coefficient (Wildman–Crippen LogP) is 3.14. The smallest absolute Gasteiger partial charge is 0.280 e. The maximum Gasteiger partial charge on any atom is 0.280 e. The first-order chi connectivity index (χ1) is 18.5. The van der Waals surface area contributed by atoms with E-state index in [1.165, 1.54) is 17.4 Å². The van der Waals surface area contributed by atoms with Gasteiger partial charge in [-0.1, -0.05) is 11.3 Å². The van der Waals surface area contributed by atoms with Crippen LogP contribution in [0.4, 0.5) is 15.1 Å². The molecule has 9 nitrogen and oxygen atoms in total. The lowest BCUT2D eigenvalue weighted by Crippen LogP contribution is -2.45. The Morgan fingerprint density at radius 2 is 2.03 bits per heavy atom. The molecule has 1 N–H and O–H groups in total. The Morgan fingerprint density at radius 1 is 1.26 bits per heavy atom. The topological polar surface area (TPSA) is 85.7 Å². The highest BCUT2D eigenvalue weighted by molar-refractivity contribution is 7.17. The number of nitrogens with one attached hydrogen (secondary N) is 1. The molecule has 0 radical (unpaired) electrons. The average Bonchev–Trinajstić information content (AvgIpc) is 3.51. The summed E-state index contributed by atoms with van der Waals surface area (Å²) in [5, 5.41) is 3.95. The summed E-state index contributed by atoms with van der Waals surface area (Å²) in [6.07, 6.45) is 2.50. The summed E-state index contributed by atoms with van der Waals surface area (Å²) in [6.45, 7) is 10.9. The molecule has 2 aromatic rings. The van der Waals surface area contributed by atoms with Gasteiger partial charge >= 0.3 is 0 Å². The number of amides is 1. The summed E-state index contributed by atoms with van der Waals surface area (Å²) in [5.41, 5.74) is 2.44. The maximum atomic E-state index is 14.4. The van der Waals surface area contributed by atoms with Gasteiger partial charge in [0.15, 0.2) is 10.8 Å². The molecule has 204 valence electrons. The van der Waals surface area contributed by atoms with Gasteiger partial charge in [-0.2, -0.15) is 0 Å². The zero-order chi connectivity index (χ0) is 26.6. The van der Waals surface area contributed by atoms with Gasteiger partial charge in [-0.25, -0.2) is 9.37 Å². The highest BCUT2D eigenvalue weighted by Gasteiger charge is 2.35. The standard InChI is InChI=1S/C27H36FN7O2S/c1-29-24(23-26(30-2)38-27(32-23)25(36)31-20-7-14-37-15-8-20)35-17-18(21-16-19(28)4-5-22(21)35)6-9-34-12-10-33(3)11-13-34/h4-5,16,18,20H,2,6-15,17H2,1,3H3,(H,31,36). The molecule has 11 heteroatoms. The van der Waals surface area contributed by atoms with Gasteiger partial charge in [0.2, 0.25) is 0 Å². The minimum Gasteiger partial charge on any atom is -0.381 e. The molecule has 1 unspecified atom stereocenters. The second kappa shape index (κ2) is 12.0. The van der Waals surface area contributed by atoms with E-state index in [0.29, 0.717) is 41.3 Å². The second-order valence-corrected chi connectivity index (χ2v) is 11.2. The van der Waals surface area contributed by atoms with Gasteiger partial charge < -0.3 is 24.8 Å². The van der Waals surface area contributed by atoms with Crippen LogP contribution in [-0.2, 0) is 4.74 Å². The van der Waals surface area contributed by atoms with Crippen molar-refractivity contribution < 1.29 is 13.9 Å².